The van der Waals surface area contributed by atoms with Crippen molar-refractivity contribution in [1.29, 1.82) is 0 Å². The second kappa shape index (κ2) is 24.7. The van der Waals surface area contributed by atoms with Gasteiger partial charge in [0.05, 0.1) is 39.6 Å². The van der Waals surface area contributed by atoms with E-state index in [1.54, 1.807) is 0 Å². The summed E-state index contributed by atoms with van der Waals surface area (Å²) >= 11 is 0. The molecule has 30 atom stereocenters. The number of ether oxygens (including phenoxy) is 13. The van der Waals surface area contributed by atoms with Crippen molar-refractivity contribution in [1.82, 2.24) is 0 Å². The number of hydrogen-bond donors (Lipinski definition) is 17. The fourth-order valence-corrected chi connectivity index (χ4v) is 9.83. The van der Waals surface area contributed by atoms with Crippen LogP contribution in [-0.2, 0) is 56.8 Å². The average molecular weight is 1080 g/mol. The molecule has 1 aromatic rings. The number of hydrogen-bond acceptors (Lipinski definition) is 31. The van der Waals surface area contributed by atoms with Crippen molar-refractivity contribution in [2.24, 2.45) is 0 Å². The van der Waals surface area contributed by atoms with E-state index in [9.17, 15) is 91.6 Å². The van der Waals surface area contributed by atoms with Crippen LogP contribution in [0.5, 0.6) is 5.75 Å². The molecular formula is C43H64O31. The molecule has 22 aliphatic rings. The molecule has 31 heteroatoms. The Kier molecular flexibility index (Phi) is 19.2. The summed E-state index contributed by atoms with van der Waals surface area (Å²) in [4.78, 5) is 11.4. The maximum absolute atomic E-state index is 12.0. The highest BCUT2D eigenvalue weighted by molar-refractivity contribution is 5.74. The second-order valence-electron chi connectivity index (χ2n) is 18.6. The van der Waals surface area contributed by atoms with Crippen molar-refractivity contribution in [3.63, 3.8) is 0 Å². The summed E-state index contributed by atoms with van der Waals surface area (Å²) in [6, 6.07) is 5.31. The van der Waals surface area contributed by atoms with Crippen LogP contribution in [0, 0.1) is 0 Å². The molecule has 0 amide bonds. The Morgan fingerprint density at radius 3 is 0.797 bits per heavy atom. The third-order valence-electron chi connectivity index (χ3n) is 13.9. The molecule has 23 rings (SSSR count). The Morgan fingerprint density at radius 2 is 0.554 bits per heavy atom. The van der Waals surface area contributed by atoms with E-state index in [0.717, 1.165) is 0 Å². The van der Waals surface area contributed by atoms with Crippen LogP contribution in [0.4, 0.5) is 0 Å². The molecule has 0 aliphatic carbocycles. The third kappa shape index (κ3) is 11.4. The number of rotatable bonds is 9. The molecule has 0 unspecified atom stereocenters. The first-order chi connectivity index (χ1) is 35.4. The quantitative estimate of drug-likeness (QED) is 0.102. The zero-order chi connectivity index (χ0) is 53.4. The average Bonchev–Trinajstić information content (AvgIpc) is 3.40. The van der Waals surface area contributed by atoms with Crippen molar-refractivity contribution in [3.05, 3.63) is 29.8 Å². The lowest BCUT2D eigenvalue weighted by molar-refractivity contribution is -0.403. The Morgan fingerprint density at radius 1 is 0.324 bits per heavy atom. The van der Waals surface area contributed by atoms with Gasteiger partial charge in [0.15, 0.2) is 43.8 Å². The number of aldehydes is 1. The molecule has 22 fully saturated rings. The van der Waals surface area contributed by atoms with E-state index in [4.69, 9.17) is 61.6 Å². The van der Waals surface area contributed by atoms with Gasteiger partial charge < -0.3 is 148 Å². The van der Waals surface area contributed by atoms with Crippen LogP contribution in [0.15, 0.2) is 24.3 Å². The van der Waals surface area contributed by atoms with Gasteiger partial charge in [0.1, 0.15) is 152 Å². The summed E-state index contributed by atoms with van der Waals surface area (Å²) in [5.41, 5.74) is 0.209. The lowest BCUT2D eigenvalue weighted by atomic mass is 9.94. The SMILES string of the molecule is O=Cc1ccc(O[C@@H]2[C@@H](O)[C@H]3O[C@H]4[C@H](O)[C@@H](O)[C@@H](O[C@H]5[C@H](O)[C@@H](O)[C@@H](O[C@H]6[C@H](O)[C@@H](O)[C@@H](O[C@H]7[C@H](O)[C@@H](O)[C@@H](O[C@H]8[C@H](O)[C@@H](O)[C@@H](O[C@H]2[C@@H](CO)O3)O[C@@H]8CO)O[C@@H]7CO)O[C@@H]6CO)O[C@@H]5CO)O[C@@H]4CO)cc1. The fraction of sp³-hybridized carbons (Fsp3) is 0.837. The predicted octanol–water partition coefficient (Wildman–Crippen LogP) is -11.2. The molecule has 12 bridgehead atoms. The van der Waals surface area contributed by atoms with E-state index in [1.165, 1.54) is 24.3 Å². The van der Waals surface area contributed by atoms with E-state index in [1.807, 2.05) is 0 Å². The summed E-state index contributed by atoms with van der Waals surface area (Å²) in [6.45, 7) is -6.05. The van der Waals surface area contributed by atoms with Gasteiger partial charge in [0.25, 0.3) is 0 Å². The Bertz CT molecular complexity index is 1910. The molecular weight excluding hydrogens is 1010 g/mol. The molecule has 0 aromatic heterocycles. The van der Waals surface area contributed by atoms with Crippen LogP contribution < -0.4 is 4.74 Å². The van der Waals surface area contributed by atoms with Crippen molar-refractivity contribution in [2.75, 3.05) is 39.6 Å². The Hall–Kier alpha value is -2.47. The van der Waals surface area contributed by atoms with Crippen LogP contribution in [0.25, 0.3) is 0 Å². The van der Waals surface area contributed by atoms with Gasteiger partial charge in [-0.05, 0) is 24.3 Å². The number of carbonyl (C=O) groups is 1. The first-order valence-electron chi connectivity index (χ1n) is 23.6. The molecule has 0 saturated carbocycles. The van der Waals surface area contributed by atoms with Crippen LogP contribution >= 0.6 is 0 Å². The summed E-state index contributed by atoms with van der Waals surface area (Å²) in [7, 11) is 0. The number of benzene rings is 1. The Labute approximate surface area is 418 Å². The van der Waals surface area contributed by atoms with Crippen molar-refractivity contribution in [3.8, 4) is 5.75 Å². The zero-order valence-corrected chi connectivity index (χ0v) is 38.8. The second-order valence-corrected chi connectivity index (χ2v) is 18.6. The molecule has 74 heavy (non-hydrogen) atoms. The lowest BCUT2D eigenvalue weighted by Crippen LogP contribution is -2.69. The normalized spacial score (nSPS) is 50.5. The van der Waals surface area contributed by atoms with Gasteiger partial charge in [0, 0.05) is 5.56 Å². The topological polar surface area (TPSA) is 481 Å². The van der Waals surface area contributed by atoms with Crippen LogP contribution in [0.2, 0.25) is 0 Å². The van der Waals surface area contributed by atoms with Gasteiger partial charge in [-0.2, -0.15) is 0 Å². The first-order valence-corrected chi connectivity index (χ1v) is 23.6. The molecule has 31 nitrogen and oxygen atoms in total. The summed E-state index contributed by atoms with van der Waals surface area (Å²) in [5.74, 6) is -0.0393. The molecule has 22 heterocycles. The molecule has 422 valence electrons. The number of aliphatic hydroxyl groups excluding tert-OH is 17. The molecule has 17 N–H and O–H groups in total. The molecule has 1 aromatic carbocycles. The van der Waals surface area contributed by atoms with E-state index < -0.39 is 224 Å². The van der Waals surface area contributed by atoms with E-state index in [-0.39, 0.29) is 11.3 Å². The minimum Gasteiger partial charge on any atom is -0.485 e. The monoisotopic (exact) mass is 1080 g/mol. The van der Waals surface area contributed by atoms with Gasteiger partial charge in [-0.15, -0.1) is 0 Å². The predicted molar refractivity (Wildman–Crippen MR) is 226 cm³/mol. The molecule has 0 spiro atoms. The minimum atomic E-state index is -2.17. The summed E-state index contributed by atoms with van der Waals surface area (Å²) in [6.07, 6.45) is -57.9. The summed E-state index contributed by atoms with van der Waals surface area (Å²) in [5, 5.41) is 188. The third-order valence-corrected chi connectivity index (χ3v) is 13.9. The van der Waals surface area contributed by atoms with E-state index in [2.05, 4.69) is 0 Å². The van der Waals surface area contributed by atoms with Gasteiger partial charge in [0.2, 0.25) is 0 Å². The largest absolute Gasteiger partial charge is 0.485 e. The van der Waals surface area contributed by atoms with Gasteiger partial charge >= 0.3 is 0 Å². The fourth-order valence-electron chi connectivity index (χ4n) is 9.83. The zero-order valence-electron chi connectivity index (χ0n) is 38.8. The highest BCUT2D eigenvalue weighted by atomic mass is 16.8. The van der Waals surface area contributed by atoms with Crippen LogP contribution in [0.3, 0.4) is 0 Å². The van der Waals surface area contributed by atoms with Crippen molar-refractivity contribution >= 4 is 6.29 Å². The van der Waals surface area contributed by atoms with Gasteiger partial charge in [-0.1, -0.05) is 0 Å². The smallest absolute Gasteiger partial charge is 0.188 e. The number of aliphatic hydroxyl groups is 17. The maximum Gasteiger partial charge on any atom is 0.188 e. The maximum atomic E-state index is 12.0. The Balaban J connectivity index is 1.13. The highest BCUT2D eigenvalue weighted by Gasteiger charge is 2.59. The van der Waals surface area contributed by atoms with Crippen LogP contribution in [0.1, 0.15) is 10.4 Å². The van der Waals surface area contributed by atoms with E-state index >= 15 is 0 Å². The van der Waals surface area contributed by atoms with E-state index in [0.29, 0.717) is 6.29 Å². The van der Waals surface area contributed by atoms with Crippen molar-refractivity contribution in [2.45, 2.75) is 184 Å². The molecule has 22 saturated heterocycles. The standard InChI is InChI=1S/C43H64O31/c44-5-12-1-3-13(4-2-12)62-37-30(61)43-68-19(11-50)36(37)74-42-29(60)24(55)34(17(9-48)67-42)72-40-27(58)22(53)32(15(7-46)65-40)70-38-25(56)20(51)31(14(6-45)63-38)69-39-26(57)21(52)33(16(8-47)64-39)71-41-28(59)23(54)35(73-43)18(10-49)66-41/h1-5,14-43,45-61H,6-11H2/t14-,15-,16-,17-,18-,19-,20-,21-,22-,23-,24-,25-,26-,27-,28-,29-,30-,31-,32-,33-,34-,35-,36+,37-,38-,39-,40-,41-,42-,43-/m1/s1. The summed E-state index contributed by atoms with van der Waals surface area (Å²) < 4.78 is 75.6. The van der Waals surface area contributed by atoms with Gasteiger partial charge in [-0.25, -0.2) is 0 Å². The van der Waals surface area contributed by atoms with Crippen molar-refractivity contribution < 1.29 is 153 Å². The van der Waals surface area contributed by atoms with Gasteiger partial charge in [-0.3, -0.25) is 4.79 Å². The van der Waals surface area contributed by atoms with Crippen LogP contribution in [-0.4, -0.2) is 317 Å². The minimum absolute atomic E-state index is 0.0393. The molecule has 0 radical (unpaired) electrons. The first kappa shape index (κ1) is 57.7. The lowest BCUT2D eigenvalue weighted by Gasteiger charge is -2.51. The highest BCUT2D eigenvalue weighted by Crippen LogP contribution is 2.39. The number of carbonyl (C=O) groups excluding carboxylic acids is 1. The molecule has 22 aliphatic heterocycles.